The van der Waals surface area contributed by atoms with Gasteiger partial charge in [-0.2, -0.15) is 13.2 Å². The van der Waals surface area contributed by atoms with Crippen molar-refractivity contribution in [3.8, 4) is 5.75 Å². The molecule has 0 fully saturated rings. The van der Waals surface area contributed by atoms with Crippen LogP contribution in [0.25, 0.3) is 10.9 Å². The fraction of sp³-hybridized carbons (Fsp3) is 0.417. The molecule has 2 atom stereocenters. The van der Waals surface area contributed by atoms with E-state index >= 15 is 0 Å². The van der Waals surface area contributed by atoms with E-state index in [4.69, 9.17) is 4.74 Å². The molecule has 4 rings (SSSR count). The number of halogens is 5. The van der Waals surface area contributed by atoms with Gasteiger partial charge in [-0.25, -0.2) is 18.7 Å². The molecule has 1 heterocycles. The van der Waals surface area contributed by atoms with Gasteiger partial charge < -0.3 is 15.2 Å². The quantitative estimate of drug-likeness (QED) is 0.473. The van der Waals surface area contributed by atoms with Crippen LogP contribution in [0.4, 0.5) is 27.6 Å². The summed E-state index contributed by atoms with van der Waals surface area (Å²) in [5.74, 6) is -1.22. The van der Waals surface area contributed by atoms with Crippen LogP contribution < -0.4 is 10.1 Å². The van der Waals surface area contributed by atoms with Crippen LogP contribution in [0.5, 0.6) is 5.75 Å². The maximum atomic E-state index is 14.9. The minimum absolute atomic E-state index is 0.0392. The fourth-order valence-corrected chi connectivity index (χ4v) is 4.94. The molecule has 0 radical (unpaired) electrons. The van der Waals surface area contributed by atoms with Gasteiger partial charge in [0.05, 0.1) is 13.2 Å². The summed E-state index contributed by atoms with van der Waals surface area (Å²) >= 11 is 0. The van der Waals surface area contributed by atoms with Crippen LogP contribution in [-0.4, -0.2) is 34.0 Å². The van der Waals surface area contributed by atoms with E-state index < -0.39 is 41.3 Å². The smallest absolute Gasteiger partial charge is 0.419 e. The molecule has 0 aliphatic heterocycles. The predicted octanol–water partition coefficient (Wildman–Crippen LogP) is 5.66. The van der Waals surface area contributed by atoms with E-state index in [0.29, 0.717) is 0 Å². The Morgan fingerprint density at radius 1 is 1.18 bits per heavy atom. The number of alkyl halides is 3. The molecule has 1 aromatic heterocycles. The average molecular weight is 481 g/mol. The van der Waals surface area contributed by atoms with E-state index in [1.807, 2.05) is 0 Å². The third kappa shape index (κ3) is 3.55. The highest BCUT2D eigenvalue weighted by Gasteiger charge is 2.64. The first-order valence-corrected chi connectivity index (χ1v) is 10.6. The number of benzene rings is 2. The monoisotopic (exact) mass is 481 g/mol. The lowest BCUT2D eigenvalue weighted by Gasteiger charge is -2.49. The van der Waals surface area contributed by atoms with E-state index in [1.54, 1.807) is 6.92 Å². The Labute approximate surface area is 193 Å². The first kappa shape index (κ1) is 24.1. The third-order valence-corrected chi connectivity index (χ3v) is 6.43. The fourth-order valence-electron chi connectivity index (χ4n) is 4.94. The average Bonchev–Trinajstić information content (AvgIpc) is 2.73. The van der Waals surface area contributed by atoms with Crippen molar-refractivity contribution in [1.29, 1.82) is 0 Å². The van der Waals surface area contributed by atoms with Crippen molar-refractivity contribution in [1.82, 2.24) is 9.97 Å². The molecule has 0 spiro atoms. The second-order valence-corrected chi connectivity index (χ2v) is 9.34. The van der Waals surface area contributed by atoms with Gasteiger partial charge in [-0.3, -0.25) is 0 Å². The molecule has 1 aliphatic carbocycles. The summed E-state index contributed by atoms with van der Waals surface area (Å²) in [6, 6.07) is 1.88. The molecule has 2 aromatic carbocycles. The van der Waals surface area contributed by atoms with Crippen LogP contribution in [0, 0.1) is 25.5 Å². The molecule has 182 valence electrons. The number of ether oxygens (including phenoxy) is 1. The first-order valence-electron chi connectivity index (χ1n) is 10.6. The highest BCUT2D eigenvalue weighted by Crippen LogP contribution is 2.57. The maximum absolute atomic E-state index is 14.9. The van der Waals surface area contributed by atoms with Crippen molar-refractivity contribution >= 4 is 16.6 Å². The van der Waals surface area contributed by atoms with Crippen molar-refractivity contribution < 1.29 is 31.8 Å². The number of aliphatic hydroxyl groups is 1. The Morgan fingerprint density at radius 2 is 1.85 bits per heavy atom. The van der Waals surface area contributed by atoms with E-state index in [1.165, 1.54) is 46.2 Å². The molecule has 34 heavy (non-hydrogen) atoms. The minimum Gasteiger partial charge on any atom is -0.493 e. The molecular weight excluding hydrogens is 457 g/mol. The lowest BCUT2D eigenvalue weighted by Crippen LogP contribution is -2.58. The van der Waals surface area contributed by atoms with E-state index in [2.05, 4.69) is 15.3 Å². The van der Waals surface area contributed by atoms with Crippen LogP contribution in [0.15, 0.2) is 24.4 Å². The molecule has 10 heteroatoms. The topological polar surface area (TPSA) is 67.3 Å². The molecule has 2 unspecified atom stereocenters. The normalized spacial score (nSPS) is 21.9. The van der Waals surface area contributed by atoms with Crippen LogP contribution in [0.2, 0.25) is 0 Å². The summed E-state index contributed by atoms with van der Waals surface area (Å²) in [7, 11) is 1.24. The molecule has 1 aliphatic rings. The Balaban J connectivity index is 2.01. The highest BCUT2D eigenvalue weighted by atomic mass is 19.4. The number of hydrogen-bond donors (Lipinski definition) is 2. The standard InChI is InChI=1S/C24H24F5N3O2/c1-11-8-13-17(20(34-5)18(11)26)22(3,4)10-23(33,24(27,28)29)21(13)32-16-7-6-15(25)19-14(16)9-30-12(2)31-19/h6-9,21,32-33H,10H2,1-5H3. The molecule has 3 aromatic rings. The van der Waals surface area contributed by atoms with Crippen LogP contribution in [-0.2, 0) is 5.41 Å². The van der Waals surface area contributed by atoms with Gasteiger partial charge in [0.2, 0.25) is 0 Å². The van der Waals surface area contributed by atoms with Crippen LogP contribution in [0.1, 0.15) is 48.8 Å². The van der Waals surface area contributed by atoms with Crippen molar-refractivity contribution in [3.05, 3.63) is 58.5 Å². The second-order valence-electron chi connectivity index (χ2n) is 9.34. The zero-order valence-corrected chi connectivity index (χ0v) is 19.2. The van der Waals surface area contributed by atoms with E-state index in [9.17, 15) is 27.1 Å². The molecule has 0 amide bonds. The summed E-state index contributed by atoms with van der Waals surface area (Å²) in [6.07, 6.45) is -4.50. The van der Waals surface area contributed by atoms with Gasteiger partial charge in [0.1, 0.15) is 17.2 Å². The number of aryl methyl sites for hydroxylation is 2. The van der Waals surface area contributed by atoms with Gasteiger partial charge in [0, 0.05) is 22.8 Å². The number of aromatic nitrogens is 2. The van der Waals surface area contributed by atoms with Gasteiger partial charge in [0.15, 0.2) is 17.2 Å². The van der Waals surface area contributed by atoms with Gasteiger partial charge >= 0.3 is 6.18 Å². The summed E-state index contributed by atoms with van der Waals surface area (Å²) < 4.78 is 77.9. The van der Waals surface area contributed by atoms with Gasteiger partial charge in [-0.05, 0) is 48.9 Å². The Bertz CT molecular complexity index is 1290. The van der Waals surface area contributed by atoms with Gasteiger partial charge in [-0.15, -0.1) is 0 Å². The predicted molar refractivity (Wildman–Crippen MR) is 117 cm³/mol. The molecule has 5 nitrogen and oxygen atoms in total. The number of nitrogens with zero attached hydrogens (tertiary/aromatic N) is 2. The third-order valence-electron chi connectivity index (χ3n) is 6.43. The van der Waals surface area contributed by atoms with Crippen molar-refractivity contribution in [3.63, 3.8) is 0 Å². The van der Waals surface area contributed by atoms with Crippen molar-refractivity contribution in [2.24, 2.45) is 0 Å². The Morgan fingerprint density at radius 3 is 2.47 bits per heavy atom. The number of hydrogen-bond acceptors (Lipinski definition) is 5. The molecule has 0 bridgehead atoms. The number of rotatable bonds is 3. The first-order chi connectivity index (χ1) is 15.7. The summed E-state index contributed by atoms with van der Waals surface area (Å²) in [6.45, 7) is 5.97. The number of methoxy groups -OCH3 is 1. The lowest BCUT2D eigenvalue weighted by molar-refractivity contribution is -0.276. The largest absolute Gasteiger partial charge is 0.493 e. The summed E-state index contributed by atoms with van der Waals surface area (Å²) in [5, 5.41) is 14.1. The van der Waals surface area contributed by atoms with E-state index in [0.717, 1.165) is 6.07 Å². The minimum atomic E-state index is -5.04. The Kier molecular flexibility index (Phi) is 5.51. The zero-order chi connectivity index (χ0) is 25.2. The Hall–Kier alpha value is -3.01. The molecule has 0 saturated heterocycles. The van der Waals surface area contributed by atoms with Gasteiger partial charge in [0.25, 0.3) is 0 Å². The number of nitrogens with one attached hydrogen (secondary N) is 1. The second kappa shape index (κ2) is 7.76. The zero-order valence-electron chi connectivity index (χ0n) is 19.2. The highest BCUT2D eigenvalue weighted by molar-refractivity contribution is 5.91. The van der Waals surface area contributed by atoms with Crippen molar-refractivity contribution in [2.45, 2.75) is 57.3 Å². The lowest BCUT2D eigenvalue weighted by atomic mass is 9.63. The molecule has 2 N–H and O–H groups in total. The number of fused-ring (bicyclic) bond motifs is 2. The SMILES string of the molecule is COc1c(F)c(C)cc2c1C(C)(C)CC(O)(C(F)(F)F)C2Nc1ccc(F)c2nc(C)ncc12. The van der Waals surface area contributed by atoms with Gasteiger partial charge in [-0.1, -0.05) is 19.9 Å². The van der Waals surface area contributed by atoms with Crippen LogP contribution in [0.3, 0.4) is 0 Å². The summed E-state index contributed by atoms with van der Waals surface area (Å²) in [4.78, 5) is 8.09. The molecular formula is C24H24F5N3O2. The summed E-state index contributed by atoms with van der Waals surface area (Å²) in [5.41, 5.74) is -4.17. The molecule has 0 saturated carbocycles. The van der Waals surface area contributed by atoms with Crippen molar-refractivity contribution in [2.75, 3.05) is 12.4 Å². The van der Waals surface area contributed by atoms with Crippen LogP contribution >= 0.6 is 0 Å². The number of anilines is 1. The maximum Gasteiger partial charge on any atom is 0.419 e. The van der Waals surface area contributed by atoms with E-state index in [-0.39, 0.29) is 44.9 Å².